The molecule has 0 amide bonds. The van der Waals surface area contributed by atoms with Crippen molar-refractivity contribution in [1.82, 2.24) is 5.32 Å². The van der Waals surface area contributed by atoms with Gasteiger partial charge in [0.15, 0.2) is 0 Å². The van der Waals surface area contributed by atoms with E-state index in [1.807, 2.05) is 0 Å². The fourth-order valence-corrected chi connectivity index (χ4v) is 2.56. The van der Waals surface area contributed by atoms with Crippen molar-refractivity contribution in [2.24, 2.45) is 17.8 Å². The SMILES string of the molecule is CC(C)C(CNCC(O)c1c(F)cccc1F)C(C)C. The van der Waals surface area contributed by atoms with Gasteiger partial charge in [0.2, 0.25) is 0 Å². The molecule has 20 heavy (non-hydrogen) atoms. The van der Waals surface area contributed by atoms with Crippen LogP contribution in [-0.2, 0) is 0 Å². The molecule has 0 fully saturated rings. The molecule has 0 spiro atoms. The van der Waals surface area contributed by atoms with Gasteiger partial charge in [0.05, 0.1) is 11.7 Å². The predicted molar refractivity (Wildman–Crippen MR) is 77.4 cm³/mol. The molecule has 0 bridgehead atoms. The average Bonchev–Trinajstić information content (AvgIpc) is 2.33. The van der Waals surface area contributed by atoms with Gasteiger partial charge in [-0.25, -0.2) is 8.78 Å². The molecule has 0 saturated carbocycles. The maximum absolute atomic E-state index is 13.5. The van der Waals surface area contributed by atoms with E-state index in [0.717, 1.165) is 18.7 Å². The minimum atomic E-state index is -1.17. The summed E-state index contributed by atoms with van der Waals surface area (Å²) in [6.07, 6.45) is -1.17. The minimum absolute atomic E-state index is 0.147. The van der Waals surface area contributed by atoms with Crippen molar-refractivity contribution in [1.29, 1.82) is 0 Å². The second-order valence-electron chi connectivity index (χ2n) is 5.96. The first-order valence-electron chi connectivity index (χ1n) is 7.17. The van der Waals surface area contributed by atoms with Crippen LogP contribution >= 0.6 is 0 Å². The van der Waals surface area contributed by atoms with Gasteiger partial charge >= 0.3 is 0 Å². The number of benzene rings is 1. The number of aliphatic hydroxyl groups excluding tert-OH is 1. The molecule has 0 aliphatic rings. The number of halogens is 2. The lowest BCUT2D eigenvalue weighted by atomic mass is 9.85. The number of nitrogens with one attached hydrogen (secondary N) is 1. The zero-order valence-corrected chi connectivity index (χ0v) is 12.7. The lowest BCUT2D eigenvalue weighted by Crippen LogP contribution is -2.32. The zero-order chi connectivity index (χ0) is 15.3. The number of aliphatic hydroxyl groups is 1. The van der Waals surface area contributed by atoms with Crippen LogP contribution in [0.5, 0.6) is 0 Å². The maximum atomic E-state index is 13.5. The Kier molecular flexibility index (Phi) is 6.56. The molecule has 0 aliphatic carbocycles. The van der Waals surface area contributed by atoms with Crippen molar-refractivity contribution in [3.63, 3.8) is 0 Å². The maximum Gasteiger partial charge on any atom is 0.131 e. The largest absolute Gasteiger partial charge is 0.387 e. The van der Waals surface area contributed by atoms with Gasteiger partial charge in [-0.05, 0) is 36.4 Å². The first kappa shape index (κ1) is 17.1. The third-order valence-corrected chi connectivity index (χ3v) is 3.76. The van der Waals surface area contributed by atoms with Crippen LogP contribution in [0.1, 0.15) is 39.4 Å². The topological polar surface area (TPSA) is 32.3 Å². The summed E-state index contributed by atoms with van der Waals surface area (Å²) < 4.78 is 27.0. The van der Waals surface area contributed by atoms with E-state index in [1.165, 1.54) is 6.07 Å². The molecular weight excluding hydrogens is 260 g/mol. The summed E-state index contributed by atoms with van der Waals surface area (Å²) in [5.41, 5.74) is -0.259. The van der Waals surface area contributed by atoms with Crippen molar-refractivity contribution in [2.45, 2.75) is 33.8 Å². The first-order chi connectivity index (χ1) is 9.34. The van der Waals surface area contributed by atoms with Gasteiger partial charge in [0.1, 0.15) is 11.6 Å². The van der Waals surface area contributed by atoms with Crippen molar-refractivity contribution in [3.8, 4) is 0 Å². The summed E-state index contributed by atoms with van der Waals surface area (Å²) in [5, 5.41) is 13.0. The van der Waals surface area contributed by atoms with Gasteiger partial charge in [-0.15, -0.1) is 0 Å². The molecule has 114 valence electrons. The van der Waals surface area contributed by atoms with Crippen LogP contribution in [0.4, 0.5) is 8.78 Å². The molecular formula is C16H25F2NO. The van der Waals surface area contributed by atoms with Crippen LogP contribution in [0.3, 0.4) is 0 Å². The molecule has 1 rings (SSSR count). The van der Waals surface area contributed by atoms with E-state index in [-0.39, 0.29) is 12.1 Å². The molecule has 1 atom stereocenters. The fraction of sp³-hybridized carbons (Fsp3) is 0.625. The Labute approximate surface area is 120 Å². The molecule has 4 heteroatoms. The molecule has 2 N–H and O–H groups in total. The third-order valence-electron chi connectivity index (χ3n) is 3.76. The van der Waals surface area contributed by atoms with E-state index in [9.17, 15) is 13.9 Å². The summed E-state index contributed by atoms with van der Waals surface area (Å²) >= 11 is 0. The van der Waals surface area contributed by atoms with Gasteiger partial charge < -0.3 is 10.4 Å². The monoisotopic (exact) mass is 285 g/mol. The Morgan fingerprint density at radius 3 is 1.95 bits per heavy atom. The van der Waals surface area contributed by atoms with E-state index in [1.54, 1.807) is 0 Å². The Balaban J connectivity index is 2.57. The quantitative estimate of drug-likeness (QED) is 0.803. The Morgan fingerprint density at radius 2 is 1.50 bits per heavy atom. The lowest BCUT2D eigenvalue weighted by molar-refractivity contribution is 0.158. The highest BCUT2D eigenvalue weighted by Gasteiger charge is 2.20. The second-order valence-corrected chi connectivity index (χ2v) is 5.96. The van der Waals surface area contributed by atoms with E-state index in [2.05, 4.69) is 33.0 Å². The van der Waals surface area contributed by atoms with E-state index in [4.69, 9.17) is 0 Å². The summed E-state index contributed by atoms with van der Waals surface area (Å²) in [6, 6.07) is 3.61. The van der Waals surface area contributed by atoms with Gasteiger partial charge in [0.25, 0.3) is 0 Å². The highest BCUT2D eigenvalue weighted by molar-refractivity contribution is 5.22. The van der Waals surface area contributed by atoms with Crippen molar-refractivity contribution < 1.29 is 13.9 Å². The lowest BCUT2D eigenvalue weighted by Gasteiger charge is -2.26. The number of rotatable bonds is 7. The van der Waals surface area contributed by atoms with Crippen molar-refractivity contribution >= 4 is 0 Å². The smallest absolute Gasteiger partial charge is 0.131 e. The van der Waals surface area contributed by atoms with Crippen LogP contribution in [0.2, 0.25) is 0 Å². The zero-order valence-electron chi connectivity index (χ0n) is 12.7. The minimum Gasteiger partial charge on any atom is -0.387 e. The van der Waals surface area contributed by atoms with E-state index < -0.39 is 17.7 Å². The van der Waals surface area contributed by atoms with Gasteiger partial charge in [0, 0.05) is 6.54 Å². The van der Waals surface area contributed by atoms with E-state index >= 15 is 0 Å². The third kappa shape index (κ3) is 4.53. The van der Waals surface area contributed by atoms with Gasteiger partial charge in [-0.2, -0.15) is 0 Å². The van der Waals surface area contributed by atoms with Crippen molar-refractivity contribution in [3.05, 3.63) is 35.4 Å². The van der Waals surface area contributed by atoms with Crippen LogP contribution in [-0.4, -0.2) is 18.2 Å². The van der Waals surface area contributed by atoms with Gasteiger partial charge in [-0.3, -0.25) is 0 Å². The van der Waals surface area contributed by atoms with E-state index in [0.29, 0.717) is 17.8 Å². The molecule has 2 nitrogen and oxygen atoms in total. The summed E-state index contributed by atoms with van der Waals surface area (Å²) in [7, 11) is 0. The van der Waals surface area contributed by atoms with Crippen LogP contribution in [0.15, 0.2) is 18.2 Å². The summed E-state index contributed by atoms with van der Waals surface area (Å²) in [6.45, 7) is 9.48. The van der Waals surface area contributed by atoms with Crippen LogP contribution in [0, 0.1) is 29.4 Å². The molecule has 1 unspecified atom stereocenters. The highest BCUT2D eigenvalue weighted by atomic mass is 19.1. The molecule has 1 aromatic carbocycles. The van der Waals surface area contributed by atoms with Crippen molar-refractivity contribution in [2.75, 3.05) is 13.1 Å². The fourth-order valence-electron chi connectivity index (χ4n) is 2.56. The molecule has 0 aliphatic heterocycles. The highest BCUT2D eigenvalue weighted by Crippen LogP contribution is 2.22. The average molecular weight is 285 g/mol. The Bertz CT molecular complexity index is 393. The molecule has 0 heterocycles. The first-order valence-corrected chi connectivity index (χ1v) is 7.17. The molecule has 0 aromatic heterocycles. The summed E-state index contributed by atoms with van der Waals surface area (Å²) in [4.78, 5) is 0. The second kappa shape index (κ2) is 7.70. The molecule has 0 radical (unpaired) electrons. The standard InChI is InChI=1S/C16H25F2NO/c1-10(2)12(11(3)4)8-19-9-15(20)16-13(17)6-5-7-14(16)18/h5-7,10-12,15,19-20H,8-9H2,1-4H3. The predicted octanol–water partition coefficient (Wildman–Crippen LogP) is 3.52. The molecule has 0 saturated heterocycles. The van der Waals surface area contributed by atoms with Crippen LogP contribution < -0.4 is 5.32 Å². The molecule has 1 aromatic rings. The Hall–Kier alpha value is -1.00. The Morgan fingerprint density at radius 1 is 1.00 bits per heavy atom. The summed E-state index contributed by atoms with van der Waals surface area (Å²) in [5.74, 6) is 0.0921. The number of hydrogen-bond donors (Lipinski definition) is 2. The number of hydrogen-bond acceptors (Lipinski definition) is 2. The normalized spacial score (nSPS) is 13.5. The van der Waals surface area contributed by atoms with Crippen LogP contribution in [0.25, 0.3) is 0 Å². The van der Waals surface area contributed by atoms with Gasteiger partial charge in [-0.1, -0.05) is 33.8 Å².